The fourth-order valence-corrected chi connectivity index (χ4v) is 6.51. The van der Waals surface area contributed by atoms with Crippen molar-refractivity contribution >= 4 is 29.7 Å². The van der Waals surface area contributed by atoms with Crippen molar-refractivity contribution in [2.75, 3.05) is 12.4 Å². The lowest BCUT2D eigenvalue weighted by Gasteiger charge is -2.34. The first-order chi connectivity index (χ1) is 16.7. The highest BCUT2D eigenvalue weighted by molar-refractivity contribution is 8.00. The molecule has 1 fully saturated rings. The van der Waals surface area contributed by atoms with Gasteiger partial charge in [0.05, 0.1) is 11.3 Å². The fourth-order valence-electron chi connectivity index (χ4n) is 5.33. The topological polar surface area (TPSA) is 95.9 Å². The van der Waals surface area contributed by atoms with E-state index in [4.69, 9.17) is 4.74 Å². The number of benzene rings is 2. The summed E-state index contributed by atoms with van der Waals surface area (Å²) in [6.45, 7) is 7.61. The number of amides is 2. The minimum atomic E-state index is -1.00. The van der Waals surface area contributed by atoms with Gasteiger partial charge >= 0.3 is 12.1 Å². The van der Waals surface area contributed by atoms with E-state index in [1.165, 1.54) is 16.7 Å². The van der Waals surface area contributed by atoms with Gasteiger partial charge in [-0.2, -0.15) is 0 Å². The highest BCUT2D eigenvalue weighted by Crippen LogP contribution is 2.44. The molecule has 2 amide bonds. The lowest BCUT2D eigenvalue weighted by atomic mass is 9.87. The van der Waals surface area contributed by atoms with Gasteiger partial charge in [0, 0.05) is 17.7 Å². The van der Waals surface area contributed by atoms with Crippen LogP contribution in [0.4, 0.5) is 4.79 Å². The lowest BCUT2D eigenvalue weighted by molar-refractivity contribution is -0.152. The molecule has 1 heterocycles. The summed E-state index contributed by atoms with van der Waals surface area (Å²) < 4.78 is 5.65. The molecule has 8 heteroatoms. The number of carboxylic acids is 1. The number of rotatable bonds is 7. The third-order valence-electron chi connectivity index (χ3n) is 6.99. The van der Waals surface area contributed by atoms with E-state index in [1.54, 1.807) is 6.92 Å². The standard InChI is InChI=1S/C27H32N2O5S/c1-15(2)24(25(30)29-17(4)35-14-23(29)26(31)32)16(3)28-27(33)34-13-22-20-11-7-5-9-18(20)19-10-6-8-12-21(19)22/h5-12,15-17,22-24H,13-14H2,1-4H3,(H,28,33)(H,31,32). The van der Waals surface area contributed by atoms with Crippen LogP contribution < -0.4 is 5.32 Å². The molecule has 186 valence electrons. The Morgan fingerprint density at radius 3 is 2.17 bits per heavy atom. The van der Waals surface area contributed by atoms with Gasteiger partial charge in [-0.25, -0.2) is 9.59 Å². The van der Waals surface area contributed by atoms with E-state index in [0.29, 0.717) is 5.75 Å². The number of thioether (sulfide) groups is 1. The van der Waals surface area contributed by atoms with Crippen molar-refractivity contribution < 1.29 is 24.2 Å². The Kier molecular flexibility index (Phi) is 7.40. The zero-order valence-electron chi connectivity index (χ0n) is 20.4. The molecular formula is C27H32N2O5S. The normalized spacial score (nSPS) is 20.8. The van der Waals surface area contributed by atoms with E-state index in [-0.39, 0.29) is 29.7 Å². The molecule has 2 aliphatic rings. The van der Waals surface area contributed by atoms with Crippen LogP contribution in [0.15, 0.2) is 48.5 Å². The first-order valence-corrected chi connectivity index (χ1v) is 13.0. The number of alkyl carbamates (subject to hydrolysis) is 1. The van der Waals surface area contributed by atoms with E-state index in [0.717, 1.165) is 22.3 Å². The van der Waals surface area contributed by atoms with Crippen molar-refractivity contribution in [2.45, 2.75) is 51.1 Å². The third kappa shape index (κ3) is 4.89. The van der Waals surface area contributed by atoms with Gasteiger partial charge in [-0.3, -0.25) is 4.79 Å². The Hall–Kier alpha value is -3.00. The third-order valence-corrected chi connectivity index (χ3v) is 8.21. The molecule has 4 unspecified atom stereocenters. The van der Waals surface area contributed by atoms with Crippen LogP contribution in [0.2, 0.25) is 0 Å². The van der Waals surface area contributed by atoms with Crippen molar-refractivity contribution in [3.05, 3.63) is 59.7 Å². The zero-order chi connectivity index (χ0) is 25.3. The predicted molar refractivity (Wildman–Crippen MR) is 136 cm³/mol. The first-order valence-electron chi connectivity index (χ1n) is 12.0. The molecule has 35 heavy (non-hydrogen) atoms. The van der Waals surface area contributed by atoms with Gasteiger partial charge in [-0.15, -0.1) is 11.8 Å². The molecule has 2 aromatic rings. The monoisotopic (exact) mass is 496 g/mol. The van der Waals surface area contributed by atoms with E-state index in [2.05, 4.69) is 29.6 Å². The summed E-state index contributed by atoms with van der Waals surface area (Å²) >= 11 is 1.45. The summed E-state index contributed by atoms with van der Waals surface area (Å²) in [6.07, 6.45) is -0.587. The number of carbonyl (C=O) groups is 3. The van der Waals surface area contributed by atoms with Crippen molar-refractivity contribution in [3.8, 4) is 11.1 Å². The number of nitrogens with zero attached hydrogens (tertiary/aromatic N) is 1. The molecule has 7 nitrogen and oxygen atoms in total. The van der Waals surface area contributed by atoms with Crippen LogP contribution >= 0.6 is 11.8 Å². The number of hydrogen-bond acceptors (Lipinski definition) is 5. The smallest absolute Gasteiger partial charge is 0.407 e. The maximum Gasteiger partial charge on any atom is 0.407 e. The quantitative estimate of drug-likeness (QED) is 0.583. The van der Waals surface area contributed by atoms with Crippen LogP contribution in [0.3, 0.4) is 0 Å². The molecule has 0 aromatic heterocycles. The van der Waals surface area contributed by atoms with Crippen LogP contribution in [0.1, 0.15) is 44.7 Å². The van der Waals surface area contributed by atoms with Gasteiger partial charge in [-0.05, 0) is 42.0 Å². The SMILES string of the molecule is CC(C)C(C(=O)N1C(C)SCC1C(=O)O)C(C)NC(=O)OCC1c2ccccc2-c2ccccc21. The van der Waals surface area contributed by atoms with Crippen molar-refractivity contribution in [3.63, 3.8) is 0 Å². The number of hydrogen-bond donors (Lipinski definition) is 2. The Labute approximate surface area is 210 Å². The van der Waals surface area contributed by atoms with Gasteiger partial charge in [-0.1, -0.05) is 62.4 Å². The van der Waals surface area contributed by atoms with Crippen molar-refractivity contribution in [1.29, 1.82) is 0 Å². The van der Waals surface area contributed by atoms with Gasteiger partial charge in [0.1, 0.15) is 12.6 Å². The van der Waals surface area contributed by atoms with E-state index in [9.17, 15) is 19.5 Å². The van der Waals surface area contributed by atoms with Crippen molar-refractivity contribution in [2.24, 2.45) is 11.8 Å². The summed E-state index contributed by atoms with van der Waals surface area (Å²) in [7, 11) is 0. The highest BCUT2D eigenvalue weighted by atomic mass is 32.2. The zero-order valence-corrected chi connectivity index (χ0v) is 21.2. The molecule has 0 radical (unpaired) electrons. The second-order valence-corrected chi connectivity index (χ2v) is 10.9. The minimum Gasteiger partial charge on any atom is -0.480 e. The second-order valence-electron chi connectivity index (χ2n) is 9.56. The summed E-state index contributed by atoms with van der Waals surface area (Å²) in [5.41, 5.74) is 4.57. The number of carboxylic acid groups (broad SMARTS) is 1. The maximum absolute atomic E-state index is 13.4. The summed E-state index contributed by atoms with van der Waals surface area (Å²) in [5.74, 6) is -1.62. The number of aliphatic carboxylic acids is 1. The van der Waals surface area contributed by atoms with Crippen molar-refractivity contribution in [1.82, 2.24) is 10.2 Å². The molecule has 1 aliphatic carbocycles. The van der Waals surface area contributed by atoms with Gasteiger partial charge in [0.25, 0.3) is 0 Å². The van der Waals surface area contributed by atoms with E-state index in [1.807, 2.05) is 45.0 Å². The number of fused-ring (bicyclic) bond motifs is 3. The average molecular weight is 497 g/mol. The molecular weight excluding hydrogens is 464 g/mol. The Balaban J connectivity index is 1.43. The Bertz CT molecular complexity index is 1070. The maximum atomic E-state index is 13.4. The molecule has 1 aliphatic heterocycles. The van der Waals surface area contributed by atoms with Gasteiger partial charge in [0.2, 0.25) is 5.91 Å². The predicted octanol–water partition coefficient (Wildman–Crippen LogP) is 4.56. The number of carbonyl (C=O) groups excluding carboxylic acids is 2. The van der Waals surface area contributed by atoms with Gasteiger partial charge in [0.15, 0.2) is 0 Å². The first kappa shape index (κ1) is 25.1. The highest BCUT2D eigenvalue weighted by Gasteiger charge is 2.44. The summed E-state index contributed by atoms with van der Waals surface area (Å²) in [4.78, 5) is 39.4. The Morgan fingerprint density at radius 1 is 1.06 bits per heavy atom. The van der Waals surface area contributed by atoms with Crippen LogP contribution in [-0.2, 0) is 14.3 Å². The summed E-state index contributed by atoms with van der Waals surface area (Å²) in [5, 5.41) is 12.2. The van der Waals surface area contributed by atoms with E-state index < -0.39 is 30.1 Å². The molecule has 4 rings (SSSR count). The molecule has 2 aromatic carbocycles. The number of ether oxygens (including phenoxy) is 1. The Morgan fingerprint density at radius 2 is 1.63 bits per heavy atom. The number of nitrogens with one attached hydrogen (secondary N) is 1. The molecule has 2 N–H and O–H groups in total. The minimum absolute atomic E-state index is 0.0511. The fraction of sp³-hybridized carbons (Fsp3) is 0.444. The van der Waals surface area contributed by atoms with E-state index >= 15 is 0 Å². The summed E-state index contributed by atoms with van der Waals surface area (Å²) in [6, 6.07) is 14.9. The van der Waals surface area contributed by atoms with Crippen LogP contribution in [0.25, 0.3) is 11.1 Å². The largest absolute Gasteiger partial charge is 0.480 e. The van der Waals surface area contributed by atoms with Gasteiger partial charge < -0.3 is 20.1 Å². The molecule has 1 saturated heterocycles. The average Bonchev–Trinajstić information content (AvgIpc) is 3.35. The lowest BCUT2D eigenvalue weighted by Crippen LogP contribution is -2.53. The molecule has 0 saturated carbocycles. The van der Waals surface area contributed by atoms with Crippen LogP contribution in [-0.4, -0.2) is 57.8 Å². The molecule has 0 bridgehead atoms. The van der Waals surface area contributed by atoms with Crippen LogP contribution in [0.5, 0.6) is 0 Å². The molecule has 0 spiro atoms. The second kappa shape index (κ2) is 10.3. The molecule has 4 atom stereocenters. The van der Waals surface area contributed by atoms with Crippen LogP contribution in [0, 0.1) is 11.8 Å².